The Bertz CT molecular complexity index is 999. The first-order chi connectivity index (χ1) is 12.7. The number of hydrogen-bond donors (Lipinski definition) is 2. The number of fused-ring (bicyclic) bond motifs is 1. The van der Waals surface area contributed by atoms with Crippen LogP contribution in [0.2, 0.25) is 0 Å². The van der Waals surface area contributed by atoms with E-state index in [2.05, 4.69) is 15.3 Å². The molecule has 1 amide bonds. The lowest BCUT2D eigenvalue weighted by Gasteiger charge is -2.18. The summed E-state index contributed by atoms with van der Waals surface area (Å²) in [6.07, 6.45) is 1.74. The fourth-order valence-corrected chi connectivity index (χ4v) is 3.09. The molecule has 0 spiro atoms. The van der Waals surface area contributed by atoms with Crippen molar-refractivity contribution in [1.82, 2.24) is 15.3 Å². The molecule has 2 aromatic heterocycles. The van der Waals surface area contributed by atoms with Gasteiger partial charge in [0, 0.05) is 17.1 Å². The zero-order valence-corrected chi connectivity index (χ0v) is 14.4. The molecule has 1 atom stereocenters. The second-order valence-corrected chi connectivity index (χ2v) is 6.35. The Balaban J connectivity index is 1.67. The number of nitrogens with zero attached hydrogens (tertiary/aromatic N) is 1. The molecule has 0 unspecified atom stereocenters. The lowest BCUT2D eigenvalue weighted by Crippen LogP contribution is -2.30. The van der Waals surface area contributed by atoms with Gasteiger partial charge in [0.2, 0.25) is 0 Å². The van der Waals surface area contributed by atoms with Crippen LogP contribution in [0.1, 0.15) is 33.4 Å². The Hall–Kier alpha value is -3.40. The van der Waals surface area contributed by atoms with Crippen LogP contribution in [0.5, 0.6) is 0 Å². The highest BCUT2D eigenvalue weighted by molar-refractivity contribution is 5.98. The van der Waals surface area contributed by atoms with Crippen molar-refractivity contribution in [1.29, 1.82) is 0 Å². The van der Waals surface area contributed by atoms with Crippen molar-refractivity contribution in [2.24, 2.45) is 0 Å². The monoisotopic (exact) mass is 341 g/mol. The Morgan fingerprint density at radius 1 is 1.00 bits per heavy atom. The number of aromatic nitrogens is 2. The quantitative estimate of drug-likeness (QED) is 0.578. The number of rotatable bonds is 4. The lowest BCUT2D eigenvalue weighted by molar-refractivity contribution is 0.0938. The van der Waals surface area contributed by atoms with Crippen LogP contribution in [-0.2, 0) is 0 Å². The zero-order valence-electron chi connectivity index (χ0n) is 14.4. The van der Waals surface area contributed by atoms with E-state index in [1.807, 2.05) is 79.7 Å². The number of amides is 1. The van der Waals surface area contributed by atoms with Gasteiger partial charge in [-0.3, -0.25) is 9.78 Å². The maximum atomic E-state index is 12.9. The van der Waals surface area contributed by atoms with Gasteiger partial charge in [-0.15, -0.1) is 0 Å². The van der Waals surface area contributed by atoms with E-state index in [1.54, 1.807) is 6.20 Å². The third-order valence-electron chi connectivity index (χ3n) is 4.41. The van der Waals surface area contributed by atoms with Crippen LogP contribution in [0.25, 0.3) is 10.9 Å². The molecule has 0 fully saturated rings. The molecule has 4 nitrogen and oxygen atoms in total. The Morgan fingerprint density at radius 3 is 2.58 bits per heavy atom. The Kier molecular flexibility index (Phi) is 4.23. The van der Waals surface area contributed by atoms with E-state index in [0.717, 1.165) is 27.7 Å². The van der Waals surface area contributed by atoms with E-state index in [9.17, 15) is 4.79 Å². The maximum Gasteiger partial charge on any atom is 0.268 e. The SMILES string of the molecule is Cc1ccc2cc(C(=O)N[C@H](c3ccccc3)c3ccccn3)[nH]c2c1. The van der Waals surface area contributed by atoms with Crippen molar-refractivity contribution < 1.29 is 4.79 Å². The van der Waals surface area contributed by atoms with Crippen molar-refractivity contribution in [2.75, 3.05) is 0 Å². The molecule has 4 aromatic rings. The van der Waals surface area contributed by atoms with Gasteiger partial charge in [0.25, 0.3) is 5.91 Å². The fourth-order valence-electron chi connectivity index (χ4n) is 3.09. The second-order valence-electron chi connectivity index (χ2n) is 6.35. The van der Waals surface area contributed by atoms with E-state index in [0.29, 0.717) is 5.69 Å². The topological polar surface area (TPSA) is 57.8 Å². The summed E-state index contributed by atoms with van der Waals surface area (Å²) in [5, 5.41) is 4.13. The molecular weight excluding hydrogens is 322 g/mol. The van der Waals surface area contributed by atoms with Crippen LogP contribution in [0.4, 0.5) is 0 Å². The molecule has 0 radical (unpaired) electrons. The van der Waals surface area contributed by atoms with Crippen molar-refractivity contribution in [3.05, 3.63) is 102 Å². The van der Waals surface area contributed by atoms with Gasteiger partial charge in [-0.25, -0.2) is 0 Å². The van der Waals surface area contributed by atoms with Crippen LogP contribution in [-0.4, -0.2) is 15.9 Å². The van der Waals surface area contributed by atoms with E-state index in [4.69, 9.17) is 0 Å². The van der Waals surface area contributed by atoms with Gasteiger partial charge in [-0.05, 0) is 42.3 Å². The first-order valence-corrected chi connectivity index (χ1v) is 8.57. The summed E-state index contributed by atoms with van der Waals surface area (Å²) in [4.78, 5) is 20.5. The number of carbonyl (C=O) groups is 1. The van der Waals surface area contributed by atoms with Crippen molar-refractivity contribution in [3.63, 3.8) is 0 Å². The van der Waals surface area contributed by atoms with Crippen molar-refractivity contribution >= 4 is 16.8 Å². The van der Waals surface area contributed by atoms with Gasteiger partial charge in [0.1, 0.15) is 5.69 Å². The summed E-state index contributed by atoms with van der Waals surface area (Å²) in [5.74, 6) is -0.154. The Morgan fingerprint density at radius 2 is 1.81 bits per heavy atom. The molecule has 2 heterocycles. The number of nitrogens with one attached hydrogen (secondary N) is 2. The molecule has 0 aliphatic carbocycles. The van der Waals surface area contributed by atoms with E-state index >= 15 is 0 Å². The minimum atomic E-state index is -0.307. The molecule has 4 heteroatoms. The molecule has 128 valence electrons. The highest BCUT2D eigenvalue weighted by atomic mass is 16.1. The highest BCUT2D eigenvalue weighted by Crippen LogP contribution is 2.22. The predicted octanol–water partition coefficient (Wildman–Crippen LogP) is 4.39. The molecule has 26 heavy (non-hydrogen) atoms. The van der Waals surface area contributed by atoms with Crippen molar-refractivity contribution in [3.8, 4) is 0 Å². The third-order valence-corrected chi connectivity index (χ3v) is 4.41. The molecular formula is C22H19N3O. The third kappa shape index (κ3) is 3.22. The number of aryl methyl sites for hydroxylation is 1. The summed E-state index contributed by atoms with van der Waals surface area (Å²) in [6.45, 7) is 2.03. The predicted molar refractivity (Wildman–Crippen MR) is 103 cm³/mol. The van der Waals surface area contributed by atoms with Crippen LogP contribution < -0.4 is 5.32 Å². The van der Waals surface area contributed by atoms with Gasteiger partial charge in [-0.1, -0.05) is 48.5 Å². The summed E-state index contributed by atoms with van der Waals surface area (Å²) in [5.41, 5.74) is 4.46. The number of carbonyl (C=O) groups excluding carboxylic acids is 1. The van der Waals surface area contributed by atoms with Gasteiger partial charge in [0.05, 0.1) is 11.7 Å². The largest absolute Gasteiger partial charge is 0.351 e. The first-order valence-electron chi connectivity index (χ1n) is 8.57. The highest BCUT2D eigenvalue weighted by Gasteiger charge is 2.19. The normalized spacial score (nSPS) is 12.0. The lowest BCUT2D eigenvalue weighted by atomic mass is 10.0. The molecule has 0 aliphatic heterocycles. The zero-order chi connectivity index (χ0) is 17.9. The molecule has 0 saturated heterocycles. The number of pyridine rings is 1. The fraction of sp³-hybridized carbons (Fsp3) is 0.0909. The molecule has 2 aromatic carbocycles. The first kappa shape index (κ1) is 16.1. The molecule has 4 rings (SSSR count). The smallest absolute Gasteiger partial charge is 0.268 e. The van der Waals surface area contributed by atoms with E-state index < -0.39 is 0 Å². The van der Waals surface area contributed by atoms with Crippen LogP contribution in [0.15, 0.2) is 79.0 Å². The van der Waals surface area contributed by atoms with Crippen LogP contribution in [0, 0.1) is 6.92 Å². The van der Waals surface area contributed by atoms with Gasteiger partial charge in [-0.2, -0.15) is 0 Å². The number of hydrogen-bond acceptors (Lipinski definition) is 2. The average molecular weight is 341 g/mol. The van der Waals surface area contributed by atoms with Crippen LogP contribution >= 0.6 is 0 Å². The molecule has 0 aliphatic rings. The summed E-state index contributed by atoms with van der Waals surface area (Å²) >= 11 is 0. The van der Waals surface area contributed by atoms with Gasteiger partial charge >= 0.3 is 0 Å². The number of benzene rings is 2. The maximum absolute atomic E-state index is 12.9. The second kappa shape index (κ2) is 6.84. The van der Waals surface area contributed by atoms with E-state index in [-0.39, 0.29) is 11.9 Å². The molecule has 0 saturated carbocycles. The summed E-state index contributed by atoms with van der Waals surface area (Å²) in [7, 11) is 0. The number of aromatic amines is 1. The van der Waals surface area contributed by atoms with Gasteiger partial charge in [0.15, 0.2) is 0 Å². The average Bonchev–Trinajstić information content (AvgIpc) is 3.10. The molecule has 2 N–H and O–H groups in total. The van der Waals surface area contributed by atoms with Crippen molar-refractivity contribution in [2.45, 2.75) is 13.0 Å². The van der Waals surface area contributed by atoms with Gasteiger partial charge < -0.3 is 10.3 Å². The minimum absolute atomic E-state index is 0.154. The molecule has 0 bridgehead atoms. The standard InChI is InChI=1S/C22H19N3O/c1-15-10-11-17-14-20(24-19(17)13-15)22(26)25-21(16-7-3-2-4-8-16)18-9-5-6-12-23-18/h2-14,21,24H,1H3,(H,25,26)/t21-/m1/s1. The van der Waals surface area contributed by atoms with Crippen LogP contribution in [0.3, 0.4) is 0 Å². The van der Waals surface area contributed by atoms with E-state index in [1.165, 1.54) is 0 Å². The minimum Gasteiger partial charge on any atom is -0.351 e. The number of H-pyrrole nitrogens is 1. The Labute approximate surface area is 151 Å². The summed E-state index contributed by atoms with van der Waals surface area (Å²) < 4.78 is 0. The summed E-state index contributed by atoms with van der Waals surface area (Å²) in [6, 6.07) is 23.3.